The van der Waals surface area contributed by atoms with Crippen molar-refractivity contribution in [2.75, 3.05) is 24.6 Å². The molecule has 1 fully saturated rings. The van der Waals surface area contributed by atoms with Crippen LogP contribution in [0.4, 0.5) is 4.79 Å². The number of nitrogens with zero attached hydrogens (tertiary/aromatic N) is 1. The van der Waals surface area contributed by atoms with Gasteiger partial charge in [-0.2, -0.15) is 0 Å². The molecule has 2 aliphatic rings. The number of sulfone groups is 1. The van der Waals surface area contributed by atoms with Crippen LogP contribution in [0.3, 0.4) is 0 Å². The zero-order valence-corrected chi connectivity index (χ0v) is 15.6. The van der Waals surface area contributed by atoms with Crippen LogP contribution in [0, 0.1) is 5.92 Å². The SMILES string of the molecule is NC(=O)c1cccc2c1CCN(C(=O)NCCC1CCS(=O)(=O)CC1)C2. The molecule has 3 rings (SSSR count). The van der Waals surface area contributed by atoms with Gasteiger partial charge in [0.2, 0.25) is 5.91 Å². The Balaban J connectivity index is 1.49. The van der Waals surface area contributed by atoms with Crippen molar-refractivity contribution in [1.82, 2.24) is 10.2 Å². The topological polar surface area (TPSA) is 110 Å². The lowest BCUT2D eigenvalue weighted by Gasteiger charge is -2.30. The lowest BCUT2D eigenvalue weighted by molar-refractivity contribution is 0.0998. The summed E-state index contributed by atoms with van der Waals surface area (Å²) in [6, 6.07) is 5.31. The lowest BCUT2D eigenvalue weighted by Crippen LogP contribution is -2.43. The van der Waals surface area contributed by atoms with Gasteiger partial charge in [-0.1, -0.05) is 12.1 Å². The maximum atomic E-state index is 12.4. The number of carbonyl (C=O) groups is 2. The Morgan fingerprint density at radius 3 is 2.65 bits per heavy atom. The van der Waals surface area contributed by atoms with Crippen molar-refractivity contribution >= 4 is 21.8 Å². The molecule has 0 spiro atoms. The second kappa shape index (κ2) is 7.65. The second-order valence-electron chi connectivity index (χ2n) is 7.09. The predicted molar refractivity (Wildman–Crippen MR) is 98.5 cm³/mol. The molecule has 26 heavy (non-hydrogen) atoms. The molecule has 3 N–H and O–H groups in total. The Labute approximate surface area is 153 Å². The molecule has 142 valence electrons. The molecule has 0 aliphatic carbocycles. The molecule has 3 amide bonds. The fourth-order valence-electron chi connectivity index (χ4n) is 3.74. The Kier molecular flexibility index (Phi) is 5.50. The summed E-state index contributed by atoms with van der Waals surface area (Å²) in [4.78, 5) is 25.6. The van der Waals surface area contributed by atoms with Crippen molar-refractivity contribution < 1.29 is 18.0 Å². The molecule has 0 aromatic heterocycles. The Hall–Kier alpha value is -2.09. The minimum atomic E-state index is -2.84. The maximum absolute atomic E-state index is 12.4. The minimum absolute atomic E-state index is 0.122. The van der Waals surface area contributed by atoms with Crippen molar-refractivity contribution in [3.05, 3.63) is 34.9 Å². The van der Waals surface area contributed by atoms with E-state index in [1.807, 2.05) is 6.07 Å². The molecule has 0 atom stereocenters. The highest BCUT2D eigenvalue weighted by Gasteiger charge is 2.25. The molecule has 2 aliphatic heterocycles. The van der Waals surface area contributed by atoms with Crippen LogP contribution in [0.5, 0.6) is 0 Å². The van der Waals surface area contributed by atoms with Crippen LogP contribution in [0.25, 0.3) is 0 Å². The summed E-state index contributed by atoms with van der Waals surface area (Å²) in [5.74, 6) is 0.446. The third kappa shape index (κ3) is 4.35. The van der Waals surface area contributed by atoms with Crippen LogP contribution in [0.15, 0.2) is 18.2 Å². The van der Waals surface area contributed by atoms with Gasteiger partial charge in [-0.05, 0) is 48.8 Å². The summed E-state index contributed by atoms with van der Waals surface area (Å²) in [5, 5.41) is 2.93. The first kappa shape index (κ1) is 18.7. The van der Waals surface area contributed by atoms with E-state index in [0.29, 0.717) is 50.4 Å². The van der Waals surface area contributed by atoms with Crippen molar-refractivity contribution in [2.45, 2.75) is 32.2 Å². The minimum Gasteiger partial charge on any atom is -0.366 e. The van der Waals surface area contributed by atoms with Gasteiger partial charge in [0.05, 0.1) is 11.5 Å². The first-order chi connectivity index (χ1) is 12.4. The van der Waals surface area contributed by atoms with Gasteiger partial charge >= 0.3 is 6.03 Å². The first-order valence-electron chi connectivity index (χ1n) is 8.99. The summed E-state index contributed by atoms with van der Waals surface area (Å²) in [6.07, 6.45) is 2.79. The van der Waals surface area contributed by atoms with Crippen molar-refractivity contribution in [2.24, 2.45) is 11.7 Å². The average molecular weight is 379 g/mol. The van der Waals surface area contributed by atoms with Crippen LogP contribution in [-0.2, 0) is 22.8 Å². The average Bonchev–Trinajstić information content (AvgIpc) is 2.61. The fourth-order valence-corrected chi connectivity index (χ4v) is 5.33. The van der Waals surface area contributed by atoms with Gasteiger partial charge in [0.1, 0.15) is 9.84 Å². The van der Waals surface area contributed by atoms with Gasteiger partial charge in [-0.3, -0.25) is 4.79 Å². The number of primary amides is 1. The maximum Gasteiger partial charge on any atom is 0.317 e. The van der Waals surface area contributed by atoms with Gasteiger partial charge in [-0.25, -0.2) is 13.2 Å². The lowest BCUT2D eigenvalue weighted by atomic mass is 9.94. The molecule has 7 nitrogen and oxygen atoms in total. The largest absolute Gasteiger partial charge is 0.366 e. The van der Waals surface area contributed by atoms with Crippen molar-refractivity contribution in [1.29, 1.82) is 0 Å². The Morgan fingerprint density at radius 1 is 1.23 bits per heavy atom. The first-order valence-corrected chi connectivity index (χ1v) is 10.8. The summed E-state index contributed by atoms with van der Waals surface area (Å²) in [6.45, 7) is 1.56. The van der Waals surface area contributed by atoms with Gasteiger partial charge in [-0.15, -0.1) is 0 Å². The number of hydrogen-bond donors (Lipinski definition) is 2. The van der Waals surface area contributed by atoms with E-state index < -0.39 is 15.7 Å². The van der Waals surface area contributed by atoms with Gasteiger partial charge < -0.3 is 16.0 Å². The van der Waals surface area contributed by atoms with Crippen molar-refractivity contribution in [3.63, 3.8) is 0 Å². The number of nitrogens with two attached hydrogens (primary N) is 1. The number of fused-ring (bicyclic) bond motifs is 1. The highest BCUT2D eigenvalue weighted by Crippen LogP contribution is 2.23. The second-order valence-corrected chi connectivity index (χ2v) is 9.40. The number of urea groups is 1. The molecule has 0 unspecified atom stereocenters. The summed E-state index contributed by atoms with van der Waals surface area (Å²) < 4.78 is 22.9. The van der Waals surface area contributed by atoms with Crippen molar-refractivity contribution in [3.8, 4) is 0 Å². The molecule has 1 aromatic carbocycles. The molecule has 2 heterocycles. The van der Waals surface area contributed by atoms with E-state index >= 15 is 0 Å². The van der Waals surface area contributed by atoms with Gasteiger partial charge in [0.25, 0.3) is 0 Å². The molecular formula is C18H25N3O4S. The zero-order valence-electron chi connectivity index (χ0n) is 14.7. The molecule has 0 radical (unpaired) electrons. The highest BCUT2D eigenvalue weighted by atomic mass is 32.2. The molecule has 1 aromatic rings. The highest BCUT2D eigenvalue weighted by molar-refractivity contribution is 7.91. The van der Waals surface area contributed by atoms with Crippen LogP contribution in [0.1, 0.15) is 40.7 Å². The number of rotatable bonds is 4. The van der Waals surface area contributed by atoms with Crippen LogP contribution >= 0.6 is 0 Å². The van der Waals surface area contributed by atoms with E-state index in [9.17, 15) is 18.0 Å². The quantitative estimate of drug-likeness (QED) is 0.815. The van der Waals surface area contributed by atoms with E-state index in [4.69, 9.17) is 5.73 Å². The smallest absolute Gasteiger partial charge is 0.317 e. The summed E-state index contributed by atoms with van der Waals surface area (Å²) >= 11 is 0. The molecule has 8 heteroatoms. The van der Waals surface area contributed by atoms with Gasteiger partial charge in [0, 0.05) is 25.2 Å². The predicted octanol–water partition coefficient (Wildman–Crippen LogP) is 1.07. The van der Waals surface area contributed by atoms with Gasteiger partial charge in [0.15, 0.2) is 0 Å². The number of benzene rings is 1. The third-order valence-electron chi connectivity index (χ3n) is 5.32. The molecule has 0 bridgehead atoms. The standard InChI is InChI=1S/C18H25N3O4S/c19-17(22)16-3-1-2-14-12-21(9-5-15(14)16)18(23)20-8-4-13-6-10-26(24,25)11-7-13/h1-3,13H,4-12H2,(H2,19,22)(H,20,23). The monoisotopic (exact) mass is 379 g/mol. The van der Waals surface area contributed by atoms with E-state index in [1.165, 1.54) is 0 Å². The van der Waals surface area contributed by atoms with E-state index in [0.717, 1.165) is 17.5 Å². The zero-order chi connectivity index (χ0) is 18.7. The van der Waals surface area contributed by atoms with E-state index in [1.54, 1.807) is 17.0 Å². The molecule has 0 saturated carbocycles. The van der Waals surface area contributed by atoms with E-state index in [-0.39, 0.29) is 17.5 Å². The Bertz CT molecular complexity index is 793. The van der Waals surface area contributed by atoms with E-state index in [2.05, 4.69) is 5.32 Å². The normalized spacial score (nSPS) is 19.6. The number of nitrogens with one attached hydrogen (secondary N) is 1. The van der Waals surface area contributed by atoms with Crippen LogP contribution in [-0.4, -0.2) is 49.9 Å². The summed E-state index contributed by atoms with van der Waals surface area (Å²) in [7, 11) is -2.84. The number of amides is 3. The summed E-state index contributed by atoms with van der Waals surface area (Å²) in [5.41, 5.74) is 7.85. The molecule has 1 saturated heterocycles. The Morgan fingerprint density at radius 2 is 1.96 bits per heavy atom. The van der Waals surface area contributed by atoms with Crippen LogP contribution < -0.4 is 11.1 Å². The number of carbonyl (C=O) groups excluding carboxylic acids is 2. The molecular weight excluding hydrogens is 354 g/mol. The van der Waals surface area contributed by atoms with Crippen LogP contribution in [0.2, 0.25) is 0 Å². The fraction of sp³-hybridized carbons (Fsp3) is 0.556. The number of hydrogen-bond acceptors (Lipinski definition) is 4. The third-order valence-corrected chi connectivity index (χ3v) is 7.04.